The molecule has 2 aliphatic rings. The summed E-state index contributed by atoms with van der Waals surface area (Å²) in [5.74, 6) is 2.69. The van der Waals surface area contributed by atoms with Crippen LogP contribution < -0.4 is 5.32 Å². The number of piperazine rings is 1. The minimum absolute atomic E-state index is 0.330. The average molecular weight is 301 g/mol. The van der Waals surface area contributed by atoms with E-state index in [1.54, 1.807) is 0 Å². The lowest BCUT2D eigenvalue weighted by Gasteiger charge is -2.50. The molecule has 0 aromatic carbocycles. The lowest BCUT2D eigenvalue weighted by Crippen LogP contribution is -2.60. The SMILES string of the molecule is C#CC/C=C\C(=C/C)CC1(N2CCNCC2)CCN(C)CC1. The van der Waals surface area contributed by atoms with Crippen LogP contribution in [0.25, 0.3) is 0 Å². The number of terminal acetylenes is 1. The van der Waals surface area contributed by atoms with Crippen LogP contribution in [-0.4, -0.2) is 61.7 Å². The fraction of sp³-hybridized carbons (Fsp3) is 0.684. The third-order valence-corrected chi connectivity index (χ3v) is 5.18. The third-order valence-electron chi connectivity index (χ3n) is 5.18. The van der Waals surface area contributed by atoms with Crippen molar-refractivity contribution in [2.45, 2.75) is 38.1 Å². The number of rotatable bonds is 5. The van der Waals surface area contributed by atoms with Crippen LogP contribution in [-0.2, 0) is 0 Å². The van der Waals surface area contributed by atoms with E-state index in [1.807, 2.05) is 0 Å². The van der Waals surface area contributed by atoms with Crippen molar-refractivity contribution in [3.05, 3.63) is 23.8 Å². The van der Waals surface area contributed by atoms with Gasteiger partial charge in [0, 0.05) is 38.1 Å². The summed E-state index contributed by atoms with van der Waals surface area (Å²) in [4.78, 5) is 5.21. The highest BCUT2D eigenvalue weighted by Crippen LogP contribution is 2.35. The van der Waals surface area contributed by atoms with Crippen molar-refractivity contribution in [2.24, 2.45) is 0 Å². The van der Waals surface area contributed by atoms with E-state index in [9.17, 15) is 0 Å². The predicted molar refractivity (Wildman–Crippen MR) is 94.9 cm³/mol. The second-order valence-electron chi connectivity index (χ2n) is 6.62. The fourth-order valence-electron chi connectivity index (χ4n) is 3.69. The maximum Gasteiger partial charge on any atom is 0.0275 e. The van der Waals surface area contributed by atoms with Crippen LogP contribution >= 0.6 is 0 Å². The number of piperidine rings is 1. The van der Waals surface area contributed by atoms with Gasteiger partial charge in [0.05, 0.1) is 0 Å². The Labute approximate surface area is 136 Å². The summed E-state index contributed by atoms with van der Waals surface area (Å²) in [6.45, 7) is 9.15. The van der Waals surface area contributed by atoms with Crippen LogP contribution in [0, 0.1) is 12.3 Å². The first-order valence-corrected chi connectivity index (χ1v) is 8.60. The Morgan fingerprint density at radius 3 is 2.50 bits per heavy atom. The highest BCUT2D eigenvalue weighted by atomic mass is 15.3. The van der Waals surface area contributed by atoms with E-state index >= 15 is 0 Å². The molecule has 3 nitrogen and oxygen atoms in total. The first-order chi connectivity index (χ1) is 10.7. The molecule has 22 heavy (non-hydrogen) atoms. The summed E-state index contributed by atoms with van der Waals surface area (Å²) in [6.07, 6.45) is 16.4. The van der Waals surface area contributed by atoms with Crippen molar-refractivity contribution >= 4 is 0 Å². The molecule has 0 amide bonds. The van der Waals surface area contributed by atoms with Gasteiger partial charge in [0.2, 0.25) is 0 Å². The zero-order chi connectivity index (χ0) is 15.8. The molecule has 3 heteroatoms. The zero-order valence-electron chi connectivity index (χ0n) is 14.3. The molecule has 0 bridgehead atoms. The zero-order valence-corrected chi connectivity index (χ0v) is 14.3. The Morgan fingerprint density at radius 1 is 1.23 bits per heavy atom. The Hall–Kier alpha value is -1.08. The smallest absolute Gasteiger partial charge is 0.0275 e. The molecule has 0 aliphatic carbocycles. The third kappa shape index (κ3) is 4.46. The molecule has 0 aromatic heterocycles. The van der Waals surface area contributed by atoms with Crippen molar-refractivity contribution < 1.29 is 0 Å². The van der Waals surface area contributed by atoms with Crippen LogP contribution in [0.3, 0.4) is 0 Å². The summed E-state index contributed by atoms with van der Waals surface area (Å²) in [5.41, 5.74) is 1.76. The standard InChI is InChI=1S/C19H31N3/c1-4-6-7-8-18(5-2)17-19(9-13-21(3)14-10-19)22-15-11-20-12-16-22/h1,5,7-8,20H,6,9-17H2,2-3H3/b8-7-,18-5+. The lowest BCUT2D eigenvalue weighted by molar-refractivity contribution is 0.0195. The predicted octanol–water partition coefficient (Wildman–Crippen LogP) is 2.27. The molecule has 2 aliphatic heterocycles. The summed E-state index contributed by atoms with van der Waals surface area (Å²) in [6, 6.07) is 0. The Kier molecular flexibility index (Phi) is 6.70. The minimum Gasteiger partial charge on any atom is -0.314 e. The number of nitrogens with one attached hydrogen (secondary N) is 1. The van der Waals surface area contributed by atoms with Gasteiger partial charge in [-0.1, -0.05) is 23.8 Å². The van der Waals surface area contributed by atoms with Crippen LogP contribution in [0.2, 0.25) is 0 Å². The monoisotopic (exact) mass is 301 g/mol. The van der Waals surface area contributed by atoms with Crippen molar-refractivity contribution in [3.8, 4) is 12.3 Å². The number of nitrogens with zero attached hydrogens (tertiary/aromatic N) is 2. The summed E-state index contributed by atoms with van der Waals surface area (Å²) >= 11 is 0. The second kappa shape index (κ2) is 8.53. The molecule has 2 rings (SSSR count). The number of likely N-dealkylation sites (tertiary alicyclic amines) is 1. The largest absolute Gasteiger partial charge is 0.314 e. The second-order valence-corrected chi connectivity index (χ2v) is 6.62. The molecule has 0 atom stereocenters. The molecule has 1 N–H and O–H groups in total. The van der Waals surface area contributed by atoms with Crippen molar-refractivity contribution in [3.63, 3.8) is 0 Å². The van der Waals surface area contributed by atoms with Gasteiger partial charge in [-0.15, -0.1) is 12.3 Å². The van der Waals surface area contributed by atoms with Gasteiger partial charge in [-0.05, 0) is 46.3 Å². The van der Waals surface area contributed by atoms with Gasteiger partial charge >= 0.3 is 0 Å². The topological polar surface area (TPSA) is 18.5 Å². The molecule has 0 aromatic rings. The quantitative estimate of drug-likeness (QED) is 0.621. The highest BCUT2D eigenvalue weighted by Gasteiger charge is 2.39. The molecule has 0 unspecified atom stereocenters. The number of hydrogen-bond acceptors (Lipinski definition) is 3. The van der Waals surface area contributed by atoms with Gasteiger partial charge < -0.3 is 10.2 Å². The van der Waals surface area contributed by atoms with Gasteiger partial charge in [0.1, 0.15) is 0 Å². The van der Waals surface area contributed by atoms with Crippen LogP contribution in [0.15, 0.2) is 23.8 Å². The van der Waals surface area contributed by atoms with Crippen LogP contribution in [0.5, 0.6) is 0 Å². The highest BCUT2D eigenvalue weighted by molar-refractivity contribution is 5.23. The van der Waals surface area contributed by atoms with Gasteiger partial charge in [0.25, 0.3) is 0 Å². The van der Waals surface area contributed by atoms with E-state index in [0.717, 1.165) is 25.9 Å². The minimum atomic E-state index is 0.330. The Bertz CT molecular complexity index is 430. The van der Waals surface area contributed by atoms with E-state index in [4.69, 9.17) is 6.42 Å². The maximum absolute atomic E-state index is 5.36. The van der Waals surface area contributed by atoms with Crippen molar-refractivity contribution in [2.75, 3.05) is 46.3 Å². The van der Waals surface area contributed by atoms with Gasteiger partial charge in [-0.2, -0.15) is 0 Å². The molecule has 2 fully saturated rings. The molecule has 0 saturated carbocycles. The number of allylic oxidation sites excluding steroid dienone is 3. The summed E-state index contributed by atoms with van der Waals surface area (Å²) in [7, 11) is 2.24. The normalized spacial score (nSPS) is 24.5. The Morgan fingerprint density at radius 2 is 1.91 bits per heavy atom. The molecule has 122 valence electrons. The molecular weight excluding hydrogens is 270 g/mol. The van der Waals surface area contributed by atoms with E-state index in [1.165, 1.54) is 44.6 Å². The van der Waals surface area contributed by atoms with E-state index in [-0.39, 0.29) is 0 Å². The molecule has 0 spiro atoms. The van der Waals surface area contributed by atoms with Crippen LogP contribution in [0.4, 0.5) is 0 Å². The van der Waals surface area contributed by atoms with Gasteiger partial charge in [0.15, 0.2) is 0 Å². The Balaban J connectivity index is 2.11. The van der Waals surface area contributed by atoms with Gasteiger partial charge in [-0.25, -0.2) is 0 Å². The summed E-state index contributed by atoms with van der Waals surface area (Å²) < 4.78 is 0. The molecule has 0 radical (unpaired) electrons. The van der Waals surface area contributed by atoms with Crippen molar-refractivity contribution in [1.82, 2.24) is 15.1 Å². The van der Waals surface area contributed by atoms with Crippen molar-refractivity contribution in [1.29, 1.82) is 0 Å². The molecule has 2 saturated heterocycles. The average Bonchev–Trinajstić information content (AvgIpc) is 2.57. The molecular formula is C19H31N3. The maximum atomic E-state index is 5.36. The van der Waals surface area contributed by atoms with Gasteiger partial charge in [-0.3, -0.25) is 4.90 Å². The number of hydrogen-bond donors (Lipinski definition) is 1. The van der Waals surface area contributed by atoms with E-state index in [0.29, 0.717) is 5.54 Å². The van der Waals surface area contributed by atoms with Crippen LogP contribution in [0.1, 0.15) is 32.6 Å². The first kappa shape index (κ1) is 17.3. The van der Waals surface area contributed by atoms with E-state index < -0.39 is 0 Å². The molecule has 2 heterocycles. The fourth-order valence-corrected chi connectivity index (χ4v) is 3.69. The first-order valence-electron chi connectivity index (χ1n) is 8.60. The lowest BCUT2D eigenvalue weighted by atomic mass is 9.79. The van der Waals surface area contributed by atoms with E-state index in [2.05, 4.69) is 53.2 Å². The summed E-state index contributed by atoms with van der Waals surface area (Å²) in [5, 5.41) is 3.49.